The minimum absolute atomic E-state index is 0.0520. The molecule has 0 radical (unpaired) electrons. The highest BCUT2D eigenvalue weighted by Gasteiger charge is 2.38. The van der Waals surface area contributed by atoms with Crippen molar-refractivity contribution in [2.45, 2.75) is 26.4 Å². The van der Waals surface area contributed by atoms with Crippen LogP contribution in [0.4, 0.5) is 0 Å². The molecular formula is C13H22N2O2. The smallest absolute Gasteiger partial charge is 0.118 e. The summed E-state index contributed by atoms with van der Waals surface area (Å²) in [5.74, 6) is 1.96. The SMILES string of the molecule is Cc1ccc(CN(C)CC2(C)COCC2N)o1. The first kappa shape index (κ1) is 12.6. The van der Waals surface area contributed by atoms with Gasteiger partial charge in [-0.15, -0.1) is 0 Å². The van der Waals surface area contributed by atoms with Gasteiger partial charge in [-0.25, -0.2) is 0 Å². The second kappa shape index (κ2) is 4.80. The van der Waals surface area contributed by atoms with Gasteiger partial charge in [0.1, 0.15) is 11.5 Å². The van der Waals surface area contributed by atoms with Crippen molar-refractivity contribution in [1.82, 2.24) is 4.90 Å². The van der Waals surface area contributed by atoms with Crippen LogP contribution in [-0.4, -0.2) is 37.7 Å². The van der Waals surface area contributed by atoms with E-state index in [4.69, 9.17) is 14.9 Å². The number of hydrogen-bond donors (Lipinski definition) is 1. The van der Waals surface area contributed by atoms with E-state index in [1.807, 2.05) is 19.1 Å². The molecule has 1 fully saturated rings. The van der Waals surface area contributed by atoms with Crippen molar-refractivity contribution >= 4 is 0 Å². The molecule has 17 heavy (non-hydrogen) atoms. The predicted octanol–water partition coefficient (Wildman–Crippen LogP) is 1.38. The fourth-order valence-corrected chi connectivity index (χ4v) is 2.40. The molecule has 2 N–H and O–H groups in total. The summed E-state index contributed by atoms with van der Waals surface area (Å²) < 4.78 is 11.0. The number of hydrogen-bond acceptors (Lipinski definition) is 4. The van der Waals surface area contributed by atoms with Gasteiger partial charge < -0.3 is 14.9 Å². The molecule has 0 spiro atoms. The number of nitrogens with zero attached hydrogens (tertiary/aromatic N) is 1. The Labute approximate surface area is 103 Å². The van der Waals surface area contributed by atoms with Gasteiger partial charge in [-0.05, 0) is 26.1 Å². The van der Waals surface area contributed by atoms with Crippen LogP contribution in [0, 0.1) is 12.3 Å². The third-order valence-corrected chi connectivity index (χ3v) is 3.48. The molecule has 96 valence electrons. The lowest BCUT2D eigenvalue weighted by Gasteiger charge is -2.31. The van der Waals surface area contributed by atoms with E-state index < -0.39 is 0 Å². The van der Waals surface area contributed by atoms with Crippen molar-refractivity contribution < 1.29 is 9.15 Å². The van der Waals surface area contributed by atoms with Crippen molar-refractivity contribution in [2.75, 3.05) is 26.8 Å². The van der Waals surface area contributed by atoms with E-state index >= 15 is 0 Å². The molecule has 1 aliphatic rings. The first-order valence-electron chi connectivity index (χ1n) is 6.07. The van der Waals surface area contributed by atoms with Gasteiger partial charge in [-0.1, -0.05) is 6.92 Å². The topological polar surface area (TPSA) is 51.6 Å². The van der Waals surface area contributed by atoms with E-state index in [0.29, 0.717) is 6.61 Å². The molecule has 1 saturated heterocycles. The van der Waals surface area contributed by atoms with Crippen molar-refractivity contribution in [2.24, 2.45) is 11.1 Å². The summed E-state index contributed by atoms with van der Waals surface area (Å²) in [5.41, 5.74) is 6.14. The average molecular weight is 238 g/mol. The normalized spacial score (nSPS) is 29.1. The molecule has 1 aromatic rings. The maximum atomic E-state index is 6.08. The largest absolute Gasteiger partial charge is 0.465 e. The Morgan fingerprint density at radius 1 is 1.53 bits per heavy atom. The third-order valence-electron chi connectivity index (χ3n) is 3.48. The molecular weight excluding hydrogens is 216 g/mol. The standard InChI is InChI=1S/C13H22N2O2/c1-10-4-5-11(17-10)6-15(3)8-13(2)9-16-7-12(13)14/h4-5,12H,6-9,14H2,1-3H3. The van der Waals surface area contributed by atoms with Crippen LogP contribution in [0.15, 0.2) is 16.5 Å². The van der Waals surface area contributed by atoms with Crippen molar-refractivity contribution in [1.29, 1.82) is 0 Å². The van der Waals surface area contributed by atoms with Gasteiger partial charge in [0, 0.05) is 18.0 Å². The molecule has 0 aromatic carbocycles. The van der Waals surface area contributed by atoms with Crippen LogP contribution in [-0.2, 0) is 11.3 Å². The summed E-state index contributed by atoms with van der Waals surface area (Å²) >= 11 is 0. The van der Waals surface area contributed by atoms with E-state index in [0.717, 1.165) is 31.2 Å². The van der Waals surface area contributed by atoms with E-state index in [1.165, 1.54) is 0 Å². The van der Waals surface area contributed by atoms with E-state index in [9.17, 15) is 0 Å². The third kappa shape index (κ3) is 2.89. The quantitative estimate of drug-likeness (QED) is 0.861. The van der Waals surface area contributed by atoms with E-state index in [1.54, 1.807) is 0 Å². The Morgan fingerprint density at radius 3 is 2.82 bits per heavy atom. The highest BCUT2D eigenvalue weighted by molar-refractivity contribution is 5.05. The lowest BCUT2D eigenvalue weighted by atomic mass is 9.85. The number of furan rings is 1. The van der Waals surface area contributed by atoms with Gasteiger partial charge in [0.2, 0.25) is 0 Å². The maximum Gasteiger partial charge on any atom is 0.118 e. The maximum absolute atomic E-state index is 6.08. The molecule has 1 aliphatic heterocycles. The molecule has 2 unspecified atom stereocenters. The van der Waals surface area contributed by atoms with Gasteiger partial charge in [0.25, 0.3) is 0 Å². The zero-order valence-corrected chi connectivity index (χ0v) is 10.9. The van der Waals surface area contributed by atoms with Crippen LogP contribution < -0.4 is 5.73 Å². The Kier molecular flexibility index (Phi) is 3.56. The molecule has 2 heterocycles. The monoisotopic (exact) mass is 238 g/mol. The lowest BCUT2D eigenvalue weighted by Crippen LogP contribution is -2.45. The lowest BCUT2D eigenvalue weighted by molar-refractivity contribution is 0.125. The van der Waals surface area contributed by atoms with E-state index in [-0.39, 0.29) is 11.5 Å². The summed E-state index contributed by atoms with van der Waals surface area (Å²) in [6, 6.07) is 4.15. The van der Waals surface area contributed by atoms with Crippen molar-refractivity contribution in [3.05, 3.63) is 23.7 Å². The molecule has 0 saturated carbocycles. The summed E-state index contributed by atoms with van der Waals surface area (Å²) in [4.78, 5) is 2.24. The van der Waals surface area contributed by atoms with Crippen molar-refractivity contribution in [3.8, 4) is 0 Å². The molecule has 2 rings (SSSR count). The van der Waals surface area contributed by atoms with Gasteiger partial charge in [-0.3, -0.25) is 4.90 Å². The summed E-state index contributed by atoms with van der Waals surface area (Å²) in [5, 5.41) is 0. The number of nitrogens with two attached hydrogens (primary N) is 1. The number of aryl methyl sites for hydroxylation is 1. The second-order valence-electron chi connectivity index (χ2n) is 5.46. The first-order valence-corrected chi connectivity index (χ1v) is 6.07. The average Bonchev–Trinajstić information content (AvgIpc) is 2.75. The van der Waals surface area contributed by atoms with Gasteiger partial charge in [-0.2, -0.15) is 0 Å². The van der Waals surface area contributed by atoms with Crippen LogP contribution in [0.5, 0.6) is 0 Å². The molecule has 1 aromatic heterocycles. The molecule has 2 atom stereocenters. The molecule has 0 bridgehead atoms. The summed E-state index contributed by atoms with van der Waals surface area (Å²) in [6.07, 6.45) is 0. The van der Waals surface area contributed by atoms with Crippen LogP contribution in [0.1, 0.15) is 18.4 Å². The predicted molar refractivity (Wildman–Crippen MR) is 66.7 cm³/mol. The summed E-state index contributed by atoms with van der Waals surface area (Å²) in [6.45, 7) is 7.31. The van der Waals surface area contributed by atoms with Crippen LogP contribution >= 0.6 is 0 Å². The second-order valence-corrected chi connectivity index (χ2v) is 5.46. The molecule has 4 heteroatoms. The molecule has 4 nitrogen and oxygen atoms in total. The van der Waals surface area contributed by atoms with Crippen LogP contribution in [0.2, 0.25) is 0 Å². The van der Waals surface area contributed by atoms with Crippen molar-refractivity contribution in [3.63, 3.8) is 0 Å². The molecule has 0 aliphatic carbocycles. The highest BCUT2D eigenvalue weighted by atomic mass is 16.5. The fourth-order valence-electron chi connectivity index (χ4n) is 2.40. The number of rotatable bonds is 4. The number of ether oxygens (including phenoxy) is 1. The zero-order chi connectivity index (χ0) is 12.5. The Balaban J connectivity index is 1.91. The zero-order valence-electron chi connectivity index (χ0n) is 10.9. The Morgan fingerprint density at radius 2 is 2.29 bits per heavy atom. The minimum Gasteiger partial charge on any atom is -0.465 e. The van der Waals surface area contributed by atoms with Gasteiger partial charge >= 0.3 is 0 Å². The molecule has 0 amide bonds. The highest BCUT2D eigenvalue weighted by Crippen LogP contribution is 2.28. The van der Waals surface area contributed by atoms with Gasteiger partial charge in [0.15, 0.2) is 0 Å². The van der Waals surface area contributed by atoms with Crippen LogP contribution in [0.3, 0.4) is 0 Å². The fraction of sp³-hybridized carbons (Fsp3) is 0.692. The van der Waals surface area contributed by atoms with Crippen LogP contribution in [0.25, 0.3) is 0 Å². The Bertz CT molecular complexity index is 377. The summed E-state index contributed by atoms with van der Waals surface area (Å²) in [7, 11) is 2.09. The first-order chi connectivity index (χ1) is 7.99. The van der Waals surface area contributed by atoms with E-state index in [2.05, 4.69) is 18.9 Å². The minimum atomic E-state index is 0.0520. The van der Waals surface area contributed by atoms with Gasteiger partial charge in [0.05, 0.1) is 19.8 Å². The Hall–Kier alpha value is -0.840.